The lowest BCUT2D eigenvalue weighted by Crippen LogP contribution is -1.96. The van der Waals surface area contributed by atoms with E-state index >= 15 is 0 Å². The Balaban J connectivity index is 2.72. The first-order valence-electron chi connectivity index (χ1n) is 5.11. The lowest BCUT2D eigenvalue weighted by molar-refractivity contribution is 0.415. The van der Waals surface area contributed by atoms with Crippen LogP contribution in [0, 0.1) is 11.6 Å². The van der Waals surface area contributed by atoms with E-state index in [1.54, 1.807) is 0 Å². The van der Waals surface area contributed by atoms with Crippen molar-refractivity contribution in [1.82, 2.24) is 0 Å². The molecular formula is C13H10ClF2NO. The Hall–Kier alpha value is -1.81. The van der Waals surface area contributed by atoms with E-state index in [4.69, 9.17) is 22.1 Å². The van der Waals surface area contributed by atoms with Crippen molar-refractivity contribution in [2.75, 3.05) is 12.8 Å². The fourth-order valence-corrected chi connectivity index (χ4v) is 1.90. The highest BCUT2D eigenvalue weighted by Crippen LogP contribution is 2.38. The van der Waals surface area contributed by atoms with Gasteiger partial charge in [-0.25, -0.2) is 8.78 Å². The Labute approximate surface area is 108 Å². The van der Waals surface area contributed by atoms with Crippen LogP contribution in [-0.2, 0) is 0 Å². The number of ether oxygens (including phenoxy) is 1. The molecule has 0 spiro atoms. The zero-order chi connectivity index (χ0) is 13.3. The van der Waals surface area contributed by atoms with Crippen molar-refractivity contribution in [3.8, 4) is 16.9 Å². The smallest absolute Gasteiger partial charge is 0.126 e. The van der Waals surface area contributed by atoms with E-state index in [1.165, 1.54) is 31.4 Å². The first kappa shape index (κ1) is 12.6. The number of benzene rings is 2. The van der Waals surface area contributed by atoms with Gasteiger partial charge in [0.15, 0.2) is 0 Å². The molecule has 0 aliphatic heterocycles. The maximum atomic E-state index is 13.4. The summed E-state index contributed by atoms with van der Waals surface area (Å²) in [6.07, 6.45) is 0. The van der Waals surface area contributed by atoms with Crippen molar-refractivity contribution in [3.05, 3.63) is 47.0 Å². The SMILES string of the molecule is COc1ccc(F)cc1-c1cc(F)cc(Cl)c1N. The predicted octanol–water partition coefficient (Wildman–Crippen LogP) is 3.88. The summed E-state index contributed by atoms with van der Waals surface area (Å²) < 4.78 is 31.7. The molecule has 2 rings (SSSR count). The van der Waals surface area contributed by atoms with E-state index in [2.05, 4.69) is 0 Å². The van der Waals surface area contributed by atoms with Gasteiger partial charge in [-0.1, -0.05) is 11.6 Å². The Morgan fingerprint density at radius 3 is 2.39 bits per heavy atom. The van der Waals surface area contributed by atoms with Crippen LogP contribution in [0.25, 0.3) is 11.1 Å². The van der Waals surface area contributed by atoms with Gasteiger partial charge in [0.05, 0.1) is 17.8 Å². The zero-order valence-electron chi connectivity index (χ0n) is 9.51. The summed E-state index contributed by atoms with van der Waals surface area (Å²) in [6, 6.07) is 6.22. The summed E-state index contributed by atoms with van der Waals surface area (Å²) in [5.41, 5.74) is 6.62. The van der Waals surface area contributed by atoms with Crippen LogP contribution in [0.5, 0.6) is 5.75 Å². The lowest BCUT2D eigenvalue weighted by atomic mass is 10.0. The zero-order valence-corrected chi connectivity index (χ0v) is 10.3. The molecule has 0 fully saturated rings. The molecule has 0 heterocycles. The van der Waals surface area contributed by atoms with Gasteiger partial charge in [0, 0.05) is 11.1 Å². The number of halogens is 3. The topological polar surface area (TPSA) is 35.2 Å². The summed E-state index contributed by atoms with van der Waals surface area (Å²) in [7, 11) is 1.44. The number of methoxy groups -OCH3 is 1. The van der Waals surface area contributed by atoms with Gasteiger partial charge in [-0.15, -0.1) is 0 Å². The molecule has 2 aromatic carbocycles. The van der Waals surface area contributed by atoms with E-state index < -0.39 is 11.6 Å². The van der Waals surface area contributed by atoms with Crippen LogP contribution in [0.1, 0.15) is 0 Å². The fourth-order valence-electron chi connectivity index (χ4n) is 1.70. The molecular weight excluding hydrogens is 260 g/mol. The number of hydrogen-bond acceptors (Lipinski definition) is 2. The summed E-state index contributed by atoms with van der Waals surface area (Å²) in [4.78, 5) is 0. The average molecular weight is 270 g/mol. The number of hydrogen-bond donors (Lipinski definition) is 1. The molecule has 2 N–H and O–H groups in total. The van der Waals surface area contributed by atoms with Crippen LogP contribution in [0.2, 0.25) is 5.02 Å². The largest absolute Gasteiger partial charge is 0.496 e. The molecule has 0 saturated heterocycles. The lowest BCUT2D eigenvalue weighted by Gasteiger charge is -2.12. The molecule has 0 unspecified atom stereocenters. The Morgan fingerprint density at radius 2 is 1.72 bits per heavy atom. The Bertz CT molecular complexity index is 602. The maximum absolute atomic E-state index is 13.4. The quantitative estimate of drug-likeness (QED) is 0.840. The molecule has 0 aromatic heterocycles. The van der Waals surface area contributed by atoms with E-state index in [1.807, 2.05) is 0 Å². The number of anilines is 1. The van der Waals surface area contributed by atoms with Gasteiger partial charge in [0.2, 0.25) is 0 Å². The third-order valence-corrected chi connectivity index (χ3v) is 2.86. The second-order valence-electron chi connectivity index (χ2n) is 3.69. The van der Waals surface area contributed by atoms with Gasteiger partial charge in [0.1, 0.15) is 17.4 Å². The van der Waals surface area contributed by atoms with Gasteiger partial charge in [-0.2, -0.15) is 0 Å². The normalized spacial score (nSPS) is 10.4. The van der Waals surface area contributed by atoms with Crippen molar-refractivity contribution < 1.29 is 13.5 Å². The third-order valence-electron chi connectivity index (χ3n) is 2.55. The maximum Gasteiger partial charge on any atom is 0.126 e. The van der Waals surface area contributed by atoms with Gasteiger partial charge in [-0.05, 0) is 30.3 Å². The molecule has 0 radical (unpaired) electrons. The molecule has 0 amide bonds. The second-order valence-corrected chi connectivity index (χ2v) is 4.10. The molecule has 0 saturated carbocycles. The number of nitrogen functional groups attached to an aromatic ring is 1. The molecule has 0 aliphatic carbocycles. The van der Waals surface area contributed by atoms with Gasteiger partial charge < -0.3 is 10.5 Å². The minimum absolute atomic E-state index is 0.0799. The molecule has 0 atom stereocenters. The van der Waals surface area contributed by atoms with Gasteiger partial charge in [-0.3, -0.25) is 0 Å². The van der Waals surface area contributed by atoms with Crippen LogP contribution in [-0.4, -0.2) is 7.11 Å². The van der Waals surface area contributed by atoms with E-state index in [-0.39, 0.29) is 10.7 Å². The van der Waals surface area contributed by atoms with Crippen molar-refractivity contribution >= 4 is 17.3 Å². The van der Waals surface area contributed by atoms with E-state index in [9.17, 15) is 8.78 Å². The van der Waals surface area contributed by atoms with Gasteiger partial charge in [0.25, 0.3) is 0 Å². The summed E-state index contributed by atoms with van der Waals surface area (Å²) in [5.74, 6) is -0.620. The molecule has 5 heteroatoms. The third kappa shape index (κ3) is 2.24. The minimum Gasteiger partial charge on any atom is -0.496 e. The minimum atomic E-state index is -0.546. The highest BCUT2D eigenvalue weighted by atomic mass is 35.5. The Morgan fingerprint density at radius 1 is 1.06 bits per heavy atom. The Kier molecular flexibility index (Phi) is 3.39. The number of rotatable bonds is 2. The standard InChI is InChI=1S/C13H10ClF2NO/c1-18-12-3-2-7(15)4-9(12)10-5-8(16)6-11(14)13(10)17/h2-6H,17H2,1H3. The molecule has 18 heavy (non-hydrogen) atoms. The molecule has 2 nitrogen and oxygen atoms in total. The molecule has 2 aromatic rings. The first-order valence-corrected chi connectivity index (χ1v) is 5.49. The van der Waals surface area contributed by atoms with Crippen LogP contribution in [0.3, 0.4) is 0 Å². The van der Waals surface area contributed by atoms with Crippen molar-refractivity contribution in [2.45, 2.75) is 0 Å². The highest BCUT2D eigenvalue weighted by molar-refractivity contribution is 6.33. The summed E-state index contributed by atoms with van der Waals surface area (Å²) >= 11 is 5.80. The molecule has 0 bridgehead atoms. The average Bonchev–Trinajstić information content (AvgIpc) is 2.33. The van der Waals surface area contributed by atoms with Gasteiger partial charge >= 0.3 is 0 Å². The van der Waals surface area contributed by atoms with Crippen LogP contribution >= 0.6 is 11.6 Å². The predicted molar refractivity (Wildman–Crippen MR) is 67.8 cm³/mol. The fraction of sp³-hybridized carbons (Fsp3) is 0.0769. The van der Waals surface area contributed by atoms with E-state index in [0.29, 0.717) is 16.9 Å². The number of nitrogens with two attached hydrogens (primary N) is 1. The van der Waals surface area contributed by atoms with Crippen LogP contribution in [0.15, 0.2) is 30.3 Å². The monoisotopic (exact) mass is 269 g/mol. The van der Waals surface area contributed by atoms with Crippen molar-refractivity contribution in [2.24, 2.45) is 0 Å². The summed E-state index contributed by atoms with van der Waals surface area (Å²) in [6.45, 7) is 0. The second kappa shape index (κ2) is 4.82. The molecule has 0 aliphatic rings. The van der Waals surface area contributed by atoms with Crippen molar-refractivity contribution in [1.29, 1.82) is 0 Å². The van der Waals surface area contributed by atoms with E-state index in [0.717, 1.165) is 6.07 Å². The van der Waals surface area contributed by atoms with Crippen LogP contribution < -0.4 is 10.5 Å². The highest BCUT2D eigenvalue weighted by Gasteiger charge is 2.14. The summed E-state index contributed by atoms with van der Waals surface area (Å²) in [5, 5.41) is 0.0799. The molecule has 94 valence electrons. The first-order chi connectivity index (χ1) is 8.52. The van der Waals surface area contributed by atoms with Crippen molar-refractivity contribution in [3.63, 3.8) is 0 Å². The van der Waals surface area contributed by atoms with Crippen LogP contribution in [0.4, 0.5) is 14.5 Å².